The molecule has 3 atom stereocenters. The standard InChI is InChI=1S/C27H35N2O6PS/c1-6-33-36(5,31)17-23-18-37-27(28-23)29-26(30)22-13-24(15-25(14-22)35-20(3)16-32-4)34-19(2)12-21-10-8-7-9-11-21/h7-11,13-15,18-20H,6,12,16-17H2,1-5H3,(H,28,29,30)/t19-,20-,36?/m0/s1. The van der Waals surface area contributed by atoms with Crippen LogP contribution in [0, 0.1) is 0 Å². The van der Waals surface area contributed by atoms with Gasteiger partial charge in [0.2, 0.25) is 7.37 Å². The summed E-state index contributed by atoms with van der Waals surface area (Å²) in [7, 11) is -1.17. The van der Waals surface area contributed by atoms with E-state index < -0.39 is 7.37 Å². The molecule has 0 aliphatic carbocycles. The van der Waals surface area contributed by atoms with Gasteiger partial charge in [0, 0.05) is 37.2 Å². The van der Waals surface area contributed by atoms with Gasteiger partial charge < -0.3 is 18.7 Å². The minimum Gasteiger partial charge on any atom is -0.490 e. The minimum atomic E-state index is -2.78. The molecule has 3 rings (SSSR count). The zero-order chi connectivity index (χ0) is 26.8. The lowest BCUT2D eigenvalue weighted by Crippen LogP contribution is -2.19. The number of ether oxygens (including phenoxy) is 3. The monoisotopic (exact) mass is 546 g/mol. The summed E-state index contributed by atoms with van der Waals surface area (Å²) in [6, 6.07) is 15.2. The fraction of sp³-hybridized carbons (Fsp3) is 0.407. The molecule has 10 heteroatoms. The Bertz CT molecular complexity index is 1200. The molecule has 3 aromatic rings. The van der Waals surface area contributed by atoms with Crippen LogP contribution in [0.15, 0.2) is 53.9 Å². The van der Waals surface area contributed by atoms with Gasteiger partial charge in [0.15, 0.2) is 5.13 Å². The van der Waals surface area contributed by atoms with Crippen molar-refractivity contribution in [3.63, 3.8) is 0 Å². The molecule has 1 aromatic heterocycles. The molecule has 1 heterocycles. The Morgan fingerprint density at radius 3 is 2.41 bits per heavy atom. The van der Waals surface area contributed by atoms with Gasteiger partial charge in [0.1, 0.15) is 17.6 Å². The number of methoxy groups -OCH3 is 1. The highest BCUT2D eigenvalue weighted by Gasteiger charge is 2.20. The number of nitrogens with zero attached hydrogens (tertiary/aromatic N) is 1. The second-order valence-electron chi connectivity index (χ2n) is 8.88. The van der Waals surface area contributed by atoms with E-state index in [9.17, 15) is 9.36 Å². The molecule has 1 amide bonds. The normalized spacial score (nSPS) is 14.4. The van der Waals surface area contributed by atoms with E-state index in [1.807, 2.05) is 32.0 Å². The maximum Gasteiger partial charge on any atom is 0.257 e. The Labute approximate surface area is 222 Å². The first-order valence-corrected chi connectivity index (χ1v) is 15.3. The van der Waals surface area contributed by atoms with Crippen molar-refractivity contribution >= 4 is 29.7 Å². The van der Waals surface area contributed by atoms with E-state index in [0.717, 1.165) is 12.0 Å². The molecule has 0 spiro atoms. The quantitative estimate of drug-likeness (QED) is 0.238. The number of carbonyl (C=O) groups is 1. The Hall–Kier alpha value is -2.71. The van der Waals surface area contributed by atoms with Crippen LogP contribution >= 0.6 is 18.7 Å². The van der Waals surface area contributed by atoms with E-state index in [-0.39, 0.29) is 24.3 Å². The largest absolute Gasteiger partial charge is 0.490 e. The highest BCUT2D eigenvalue weighted by Crippen LogP contribution is 2.46. The van der Waals surface area contributed by atoms with Gasteiger partial charge >= 0.3 is 0 Å². The fourth-order valence-corrected chi connectivity index (χ4v) is 6.00. The van der Waals surface area contributed by atoms with Gasteiger partial charge in [0.25, 0.3) is 5.91 Å². The lowest BCUT2D eigenvalue weighted by Gasteiger charge is -2.19. The number of nitrogens with one attached hydrogen (secondary N) is 1. The highest BCUT2D eigenvalue weighted by molar-refractivity contribution is 7.57. The maximum absolute atomic E-state index is 13.1. The van der Waals surface area contributed by atoms with Gasteiger partial charge in [-0.1, -0.05) is 30.3 Å². The molecule has 0 saturated heterocycles. The molecule has 0 aliphatic rings. The third-order valence-electron chi connectivity index (χ3n) is 5.21. The summed E-state index contributed by atoms with van der Waals surface area (Å²) in [6.45, 7) is 8.04. The van der Waals surface area contributed by atoms with E-state index in [1.165, 1.54) is 11.3 Å². The topological polar surface area (TPSA) is 96.0 Å². The predicted octanol–water partition coefficient (Wildman–Crippen LogP) is 6.26. The van der Waals surface area contributed by atoms with E-state index >= 15 is 0 Å². The maximum atomic E-state index is 13.1. The molecule has 0 radical (unpaired) electrons. The van der Waals surface area contributed by atoms with Crippen LogP contribution in [-0.2, 0) is 26.4 Å². The minimum absolute atomic E-state index is 0.124. The van der Waals surface area contributed by atoms with Crippen LogP contribution in [-0.4, -0.2) is 50.1 Å². The molecule has 0 bridgehead atoms. The Morgan fingerprint density at radius 1 is 1.08 bits per heavy atom. The lowest BCUT2D eigenvalue weighted by atomic mass is 10.1. The van der Waals surface area contributed by atoms with E-state index in [0.29, 0.717) is 41.1 Å². The van der Waals surface area contributed by atoms with E-state index in [1.54, 1.807) is 44.3 Å². The first-order valence-electron chi connectivity index (χ1n) is 12.2. The summed E-state index contributed by atoms with van der Waals surface area (Å²) < 4.78 is 35.1. The summed E-state index contributed by atoms with van der Waals surface area (Å²) in [5.41, 5.74) is 2.15. The predicted molar refractivity (Wildman–Crippen MR) is 148 cm³/mol. The third kappa shape index (κ3) is 9.59. The van der Waals surface area contributed by atoms with Crippen LogP contribution in [0.4, 0.5) is 5.13 Å². The molecule has 200 valence electrons. The van der Waals surface area contributed by atoms with Crippen molar-refractivity contribution in [1.82, 2.24) is 4.98 Å². The van der Waals surface area contributed by atoms with Crippen LogP contribution in [0.25, 0.3) is 0 Å². The smallest absolute Gasteiger partial charge is 0.257 e. The van der Waals surface area contributed by atoms with Gasteiger partial charge in [-0.05, 0) is 38.5 Å². The summed E-state index contributed by atoms with van der Waals surface area (Å²) in [5.74, 6) is 0.678. The average Bonchev–Trinajstić information content (AvgIpc) is 3.25. The number of aromatic nitrogens is 1. The molecule has 37 heavy (non-hydrogen) atoms. The number of rotatable bonds is 14. The number of anilines is 1. The number of carbonyl (C=O) groups excluding carboxylic acids is 1. The number of amides is 1. The molecule has 1 N–H and O–H groups in total. The van der Waals surface area contributed by atoms with Crippen molar-refractivity contribution in [2.24, 2.45) is 0 Å². The zero-order valence-electron chi connectivity index (χ0n) is 21.9. The molecule has 0 aliphatic heterocycles. The Balaban J connectivity index is 1.76. The van der Waals surface area contributed by atoms with Crippen LogP contribution in [0.5, 0.6) is 11.5 Å². The third-order valence-corrected chi connectivity index (χ3v) is 7.72. The van der Waals surface area contributed by atoms with Crippen molar-refractivity contribution in [1.29, 1.82) is 0 Å². The molecule has 0 saturated carbocycles. The van der Waals surface area contributed by atoms with Crippen molar-refractivity contribution in [2.45, 2.75) is 45.6 Å². The van der Waals surface area contributed by atoms with E-state index in [2.05, 4.69) is 22.4 Å². The second kappa shape index (κ2) is 13.7. The SMILES string of the molecule is CCOP(C)(=O)Cc1csc(NC(=O)c2cc(O[C@@H](C)COC)cc(O[C@@H](C)Cc3ccccc3)c2)n1. The van der Waals surface area contributed by atoms with Gasteiger partial charge in [-0.25, -0.2) is 4.98 Å². The average molecular weight is 547 g/mol. The van der Waals surface area contributed by atoms with Crippen molar-refractivity contribution < 1.29 is 28.1 Å². The number of hydrogen-bond acceptors (Lipinski definition) is 8. The molecule has 2 aromatic carbocycles. The summed E-state index contributed by atoms with van der Waals surface area (Å²) in [5, 5.41) is 5.01. The lowest BCUT2D eigenvalue weighted by molar-refractivity contribution is 0.0913. The van der Waals surface area contributed by atoms with Crippen molar-refractivity contribution in [3.05, 3.63) is 70.7 Å². The summed E-state index contributed by atoms with van der Waals surface area (Å²) >= 11 is 1.27. The fourth-order valence-electron chi connectivity index (χ4n) is 3.78. The summed E-state index contributed by atoms with van der Waals surface area (Å²) in [4.78, 5) is 17.6. The van der Waals surface area contributed by atoms with Crippen LogP contribution in [0.2, 0.25) is 0 Å². The molecule has 1 unspecified atom stereocenters. The molecular weight excluding hydrogens is 511 g/mol. The highest BCUT2D eigenvalue weighted by atomic mass is 32.1. The van der Waals surface area contributed by atoms with Crippen LogP contribution in [0.1, 0.15) is 42.4 Å². The number of benzene rings is 2. The van der Waals surface area contributed by atoms with E-state index in [4.69, 9.17) is 18.7 Å². The second-order valence-corrected chi connectivity index (χ2v) is 12.3. The first-order chi connectivity index (χ1) is 17.7. The number of hydrogen-bond donors (Lipinski definition) is 1. The Kier molecular flexibility index (Phi) is 10.7. The zero-order valence-corrected chi connectivity index (χ0v) is 23.6. The molecule has 8 nitrogen and oxygen atoms in total. The molecule has 0 fully saturated rings. The van der Waals surface area contributed by atoms with Gasteiger partial charge in [-0.2, -0.15) is 0 Å². The van der Waals surface area contributed by atoms with Gasteiger partial charge in [0.05, 0.1) is 31.2 Å². The number of thiazole rings is 1. The Morgan fingerprint density at radius 2 is 1.76 bits per heavy atom. The van der Waals surface area contributed by atoms with Crippen LogP contribution < -0.4 is 14.8 Å². The first kappa shape index (κ1) is 28.9. The van der Waals surface area contributed by atoms with Gasteiger partial charge in [-0.15, -0.1) is 11.3 Å². The van der Waals surface area contributed by atoms with Gasteiger partial charge in [-0.3, -0.25) is 14.7 Å². The van der Waals surface area contributed by atoms with Crippen molar-refractivity contribution in [3.8, 4) is 11.5 Å². The van der Waals surface area contributed by atoms with Crippen LogP contribution in [0.3, 0.4) is 0 Å². The molecular formula is C27H35N2O6PS. The van der Waals surface area contributed by atoms with Crippen molar-refractivity contribution in [2.75, 3.05) is 32.3 Å². The summed E-state index contributed by atoms with van der Waals surface area (Å²) in [6.07, 6.45) is 0.597.